The van der Waals surface area contributed by atoms with Crippen molar-refractivity contribution in [1.29, 1.82) is 0 Å². The Morgan fingerprint density at radius 1 is 1.28 bits per heavy atom. The normalized spacial score (nSPS) is 17.9. The van der Waals surface area contributed by atoms with E-state index in [2.05, 4.69) is 39.3 Å². The molecule has 2 rings (SSSR count). The number of rotatable bonds is 5. The van der Waals surface area contributed by atoms with E-state index in [0.717, 1.165) is 19.6 Å². The number of nitrogens with one attached hydrogen (secondary N) is 1. The Bertz CT molecular complexity index is 320. The number of hydrogen-bond acceptors (Lipinski definition) is 4. The van der Waals surface area contributed by atoms with Crippen molar-refractivity contribution in [3.8, 4) is 0 Å². The molecule has 1 fully saturated rings. The number of hydrogen-bond donors (Lipinski definition) is 1. The summed E-state index contributed by atoms with van der Waals surface area (Å²) in [6.45, 7) is 8.02. The Morgan fingerprint density at radius 3 is 2.94 bits per heavy atom. The van der Waals surface area contributed by atoms with Gasteiger partial charge in [0.2, 0.25) is 0 Å². The third-order valence-electron chi connectivity index (χ3n) is 3.43. The van der Waals surface area contributed by atoms with Crippen molar-refractivity contribution in [2.45, 2.75) is 13.0 Å². The molecule has 4 nitrogen and oxygen atoms in total. The van der Waals surface area contributed by atoms with Crippen LogP contribution in [0.15, 0.2) is 24.5 Å². The highest BCUT2D eigenvalue weighted by Gasteiger charge is 2.09. The van der Waals surface area contributed by atoms with Crippen molar-refractivity contribution >= 4 is 0 Å². The largest absolute Gasteiger partial charge is 0.315 e. The smallest absolute Gasteiger partial charge is 0.0271 e. The van der Waals surface area contributed by atoms with Gasteiger partial charge in [-0.15, -0.1) is 0 Å². The van der Waals surface area contributed by atoms with E-state index in [4.69, 9.17) is 0 Å². The summed E-state index contributed by atoms with van der Waals surface area (Å²) in [6, 6.07) is 4.18. The maximum absolute atomic E-state index is 4.05. The first kappa shape index (κ1) is 13.5. The lowest BCUT2D eigenvalue weighted by atomic mass is 10.2. The highest BCUT2D eigenvalue weighted by molar-refractivity contribution is 5.09. The van der Waals surface area contributed by atoms with Crippen LogP contribution in [-0.2, 0) is 6.54 Å². The van der Waals surface area contributed by atoms with Gasteiger partial charge in [-0.2, -0.15) is 0 Å². The molecule has 0 bridgehead atoms. The molecule has 0 aromatic carbocycles. The maximum Gasteiger partial charge on any atom is 0.0271 e. The summed E-state index contributed by atoms with van der Waals surface area (Å²) >= 11 is 0. The van der Waals surface area contributed by atoms with Crippen molar-refractivity contribution in [3.63, 3.8) is 0 Å². The molecule has 100 valence electrons. The van der Waals surface area contributed by atoms with Crippen LogP contribution >= 0.6 is 0 Å². The van der Waals surface area contributed by atoms with Crippen molar-refractivity contribution < 1.29 is 0 Å². The van der Waals surface area contributed by atoms with Crippen molar-refractivity contribution in [1.82, 2.24) is 20.1 Å². The molecule has 1 aliphatic heterocycles. The molecule has 2 heterocycles. The van der Waals surface area contributed by atoms with E-state index < -0.39 is 0 Å². The molecule has 18 heavy (non-hydrogen) atoms. The van der Waals surface area contributed by atoms with E-state index in [0.29, 0.717) is 0 Å². The Balaban J connectivity index is 1.69. The molecule has 0 aliphatic carbocycles. The minimum Gasteiger partial charge on any atom is -0.315 e. The second kappa shape index (κ2) is 7.46. The van der Waals surface area contributed by atoms with Gasteiger partial charge in [-0.1, -0.05) is 0 Å². The molecular formula is C14H24N4. The van der Waals surface area contributed by atoms with Crippen LogP contribution in [0.25, 0.3) is 0 Å². The second-order valence-electron chi connectivity index (χ2n) is 5.04. The molecule has 1 aromatic heterocycles. The lowest BCUT2D eigenvalue weighted by Crippen LogP contribution is -2.35. The highest BCUT2D eigenvalue weighted by Crippen LogP contribution is 2.02. The molecule has 1 N–H and O–H groups in total. The monoisotopic (exact) mass is 248 g/mol. The van der Waals surface area contributed by atoms with Crippen molar-refractivity contribution in [2.24, 2.45) is 0 Å². The summed E-state index contributed by atoms with van der Waals surface area (Å²) in [4.78, 5) is 8.99. The zero-order chi connectivity index (χ0) is 12.6. The summed E-state index contributed by atoms with van der Waals surface area (Å²) < 4.78 is 0. The number of likely N-dealkylation sites (N-methyl/N-ethyl adjacent to an activating group) is 1. The topological polar surface area (TPSA) is 31.4 Å². The predicted octanol–water partition coefficient (Wildman–Crippen LogP) is 0.809. The summed E-state index contributed by atoms with van der Waals surface area (Å²) in [5.74, 6) is 0. The van der Waals surface area contributed by atoms with E-state index in [9.17, 15) is 0 Å². The van der Waals surface area contributed by atoms with Crippen molar-refractivity contribution in [2.75, 3.05) is 46.3 Å². The van der Waals surface area contributed by atoms with Gasteiger partial charge in [-0.05, 0) is 44.3 Å². The van der Waals surface area contributed by atoms with Gasteiger partial charge >= 0.3 is 0 Å². The van der Waals surface area contributed by atoms with Crippen LogP contribution in [0.5, 0.6) is 0 Å². The minimum atomic E-state index is 1.01. The van der Waals surface area contributed by atoms with Crippen LogP contribution in [0.3, 0.4) is 0 Å². The molecule has 0 atom stereocenters. The van der Waals surface area contributed by atoms with E-state index in [-0.39, 0.29) is 0 Å². The van der Waals surface area contributed by atoms with Crippen LogP contribution < -0.4 is 5.32 Å². The molecule has 0 radical (unpaired) electrons. The standard InChI is InChI=1S/C14H24N4/c1-17(13-14-3-6-16-7-4-14)11-12-18-9-2-5-15-8-10-18/h3-4,6-7,15H,2,5,8-13H2,1H3. The molecule has 1 saturated heterocycles. The van der Waals surface area contributed by atoms with E-state index in [1.54, 1.807) is 0 Å². The Hall–Kier alpha value is -0.970. The Kier molecular flexibility index (Phi) is 5.58. The fourth-order valence-electron chi connectivity index (χ4n) is 2.32. The minimum absolute atomic E-state index is 1.01. The quantitative estimate of drug-likeness (QED) is 0.835. The van der Waals surface area contributed by atoms with Gasteiger partial charge in [0.25, 0.3) is 0 Å². The SMILES string of the molecule is CN(CCN1CCCNCC1)Cc1ccncc1. The zero-order valence-electron chi connectivity index (χ0n) is 11.3. The van der Waals surface area contributed by atoms with Crippen LogP contribution in [0.4, 0.5) is 0 Å². The van der Waals surface area contributed by atoms with Gasteiger partial charge in [0.05, 0.1) is 0 Å². The molecular weight excluding hydrogens is 224 g/mol. The van der Waals surface area contributed by atoms with E-state index >= 15 is 0 Å². The number of nitrogens with zero attached hydrogens (tertiary/aromatic N) is 3. The second-order valence-corrected chi connectivity index (χ2v) is 5.04. The molecule has 0 saturated carbocycles. The fraction of sp³-hybridized carbons (Fsp3) is 0.643. The van der Waals surface area contributed by atoms with Gasteiger partial charge in [-0.3, -0.25) is 4.98 Å². The third-order valence-corrected chi connectivity index (χ3v) is 3.43. The first-order valence-electron chi connectivity index (χ1n) is 6.85. The van der Waals surface area contributed by atoms with Gasteiger partial charge in [0.15, 0.2) is 0 Å². The molecule has 0 unspecified atom stereocenters. The van der Waals surface area contributed by atoms with Gasteiger partial charge in [-0.25, -0.2) is 0 Å². The Labute approximate surface area is 110 Å². The van der Waals surface area contributed by atoms with E-state index in [1.165, 1.54) is 38.2 Å². The summed E-state index contributed by atoms with van der Waals surface area (Å²) in [5.41, 5.74) is 1.34. The zero-order valence-corrected chi connectivity index (χ0v) is 11.3. The van der Waals surface area contributed by atoms with Crippen LogP contribution in [0.1, 0.15) is 12.0 Å². The Morgan fingerprint density at radius 2 is 2.11 bits per heavy atom. The summed E-state index contributed by atoms with van der Waals surface area (Å²) in [6.07, 6.45) is 5.00. The van der Waals surface area contributed by atoms with Gasteiger partial charge in [0, 0.05) is 45.1 Å². The van der Waals surface area contributed by atoms with Crippen LogP contribution in [-0.4, -0.2) is 61.1 Å². The number of pyridine rings is 1. The lowest BCUT2D eigenvalue weighted by Gasteiger charge is -2.23. The van der Waals surface area contributed by atoms with Gasteiger partial charge in [0.1, 0.15) is 0 Å². The van der Waals surface area contributed by atoms with Gasteiger partial charge < -0.3 is 15.1 Å². The highest BCUT2D eigenvalue weighted by atomic mass is 15.2. The molecule has 1 aromatic rings. The first-order chi connectivity index (χ1) is 8.84. The lowest BCUT2D eigenvalue weighted by molar-refractivity contribution is 0.231. The fourth-order valence-corrected chi connectivity index (χ4v) is 2.32. The molecule has 1 aliphatic rings. The van der Waals surface area contributed by atoms with E-state index in [1.807, 2.05) is 12.4 Å². The maximum atomic E-state index is 4.05. The molecule has 0 spiro atoms. The number of aromatic nitrogens is 1. The predicted molar refractivity (Wildman–Crippen MR) is 74.5 cm³/mol. The summed E-state index contributed by atoms with van der Waals surface area (Å²) in [7, 11) is 2.19. The average molecular weight is 248 g/mol. The summed E-state index contributed by atoms with van der Waals surface area (Å²) in [5, 5.41) is 3.44. The molecule has 4 heteroatoms. The average Bonchev–Trinajstić information content (AvgIpc) is 2.66. The van der Waals surface area contributed by atoms with Crippen LogP contribution in [0.2, 0.25) is 0 Å². The third kappa shape index (κ3) is 4.72. The van der Waals surface area contributed by atoms with Crippen molar-refractivity contribution in [3.05, 3.63) is 30.1 Å². The first-order valence-corrected chi connectivity index (χ1v) is 6.85. The van der Waals surface area contributed by atoms with Crippen LogP contribution in [0, 0.1) is 0 Å². The molecule has 0 amide bonds.